The van der Waals surface area contributed by atoms with Crippen LogP contribution in [0.1, 0.15) is 36.4 Å². The van der Waals surface area contributed by atoms with Crippen LogP contribution >= 0.6 is 11.3 Å². The van der Waals surface area contributed by atoms with Gasteiger partial charge in [-0.05, 0) is 31.9 Å². The topological polar surface area (TPSA) is 32.6 Å². The van der Waals surface area contributed by atoms with Gasteiger partial charge in [0.05, 0.1) is 10.6 Å². The van der Waals surface area contributed by atoms with Gasteiger partial charge in [0.15, 0.2) is 0 Å². The summed E-state index contributed by atoms with van der Waals surface area (Å²) in [6, 6.07) is 4.13. The molecule has 72 valence electrons. The van der Waals surface area contributed by atoms with E-state index >= 15 is 0 Å². The summed E-state index contributed by atoms with van der Waals surface area (Å²) in [5.41, 5.74) is 0.702. The van der Waals surface area contributed by atoms with E-state index in [1.807, 2.05) is 13.0 Å². The highest BCUT2D eigenvalue weighted by Gasteiger charge is 2.02. The number of oxime groups is 1. The van der Waals surface area contributed by atoms with Gasteiger partial charge >= 0.3 is 0 Å². The molecule has 0 aliphatic carbocycles. The van der Waals surface area contributed by atoms with Crippen LogP contribution in [-0.2, 0) is 6.42 Å². The Morgan fingerprint density at radius 2 is 2.31 bits per heavy atom. The molecule has 1 rings (SSSR count). The predicted octanol–water partition coefficient (Wildman–Crippen LogP) is 3.29. The van der Waals surface area contributed by atoms with Crippen molar-refractivity contribution in [3.8, 4) is 0 Å². The number of nitrogens with zero attached hydrogens (tertiary/aromatic N) is 1. The summed E-state index contributed by atoms with van der Waals surface area (Å²) in [6.45, 7) is 4.00. The maximum absolute atomic E-state index is 8.57. The smallest absolute Gasteiger partial charge is 0.0936 e. The Hall–Kier alpha value is -0.830. The number of thiophene rings is 1. The lowest BCUT2D eigenvalue weighted by Crippen LogP contribution is -1.88. The molecule has 0 atom stereocenters. The monoisotopic (exact) mass is 197 g/mol. The van der Waals surface area contributed by atoms with Crippen molar-refractivity contribution in [2.45, 2.75) is 33.1 Å². The summed E-state index contributed by atoms with van der Waals surface area (Å²) < 4.78 is 0. The molecule has 0 bridgehead atoms. The average Bonchev–Trinajstić information content (AvgIpc) is 2.62. The Balaban J connectivity index is 2.64. The minimum Gasteiger partial charge on any atom is -0.411 e. The lowest BCUT2D eigenvalue weighted by atomic mass is 10.2. The molecule has 1 heterocycles. The van der Waals surface area contributed by atoms with E-state index in [0.29, 0.717) is 5.71 Å². The molecule has 0 saturated heterocycles. The second kappa shape index (κ2) is 5.02. The van der Waals surface area contributed by atoms with Crippen molar-refractivity contribution >= 4 is 17.0 Å². The molecule has 3 heteroatoms. The molecule has 1 aromatic rings. The molecule has 0 aliphatic rings. The van der Waals surface area contributed by atoms with E-state index < -0.39 is 0 Å². The highest BCUT2D eigenvalue weighted by atomic mass is 32.1. The molecule has 1 aromatic heterocycles. The zero-order valence-electron chi connectivity index (χ0n) is 8.08. The van der Waals surface area contributed by atoms with Gasteiger partial charge in [0.1, 0.15) is 0 Å². The van der Waals surface area contributed by atoms with Crippen LogP contribution in [0.15, 0.2) is 17.3 Å². The number of aryl methyl sites for hydroxylation is 1. The Morgan fingerprint density at radius 3 is 2.92 bits per heavy atom. The van der Waals surface area contributed by atoms with Gasteiger partial charge in [0.25, 0.3) is 0 Å². The minimum absolute atomic E-state index is 0.702. The van der Waals surface area contributed by atoms with Crippen molar-refractivity contribution in [1.29, 1.82) is 0 Å². The van der Waals surface area contributed by atoms with Crippen LogP contribution in [0.25, 0.3) is 0 Å². The third-order valence-corrected chi connectivity index (χ3v) is 3.20. The lowest BCUT2D eigenvalue weighted by Gasteiger charge is -1.93. The Kier molecular flexibility index (Phi) is 3.96. The van der Waals surface area contributed by atoms with Crippen molar-refractivity contribution in [2.24, 2.45) is 5.16 Å². The summed E-state index contributed by atoms with van der Waals surface area (Å²) in [6.07, 6.45) is 3.59. The number of hydrogen-bond acceptors (Lipinski definition) is 3. The van der Waals surface area contributed by atoms with Crippen molar-refractivity contribution in [1.82, 2.24) is 0 Å². The first kappa shape index (κ1) is 10.3. The van der Waals surface area contributed by atoms with Crippen LogP contribution in [0.4, 0.5) is 0 Å². The zero-order chi connectivity index (χ0) is 9.68. The van der Waals surface area contributed by atoms with E-state index in [9.17, 15) is 0 Å². The van der Waals surface area contributed by atoms with E-state index in [2.05, 4.69) is 18.1 Å². The molecule has 0 spiro atoms. The molecule has 0 unspecified atom stereocenters. The van der Waals surface area contributed by atoms with Gasteiger partial charge in [-0.2, -0.15) is 0 Å². The Bertz CT molecular complexity index is 291. The molecule has 2 nitrogen and oxygen atoms in total. The maximum Gasteiger partial charge on any atom is 0.0936 e. The van der Waals surface area contributed by atoms with Crippen molar-refractivity contribution in [2.75, 3.05) is 0 Å². The van der Waals surface area contributed by atoms with Crippen LogP contribution in [-0.4, -0.2) is 10.9 Å². The third-order valence-electron chi connectivity index (χ3n) is 1.94. The number of rotatable bonds is 4. The second-order valence-corrected chi connectivity index (χ2v) is 4.22. The molecule has 0 aromatic carbocycles. The van der Waals surface area contributed by atoms with Crippen molar-refractivity contribution < 1.29 is 5.21 Å². The van der Waals surface area contributed by atoms with Crippen molar-refractivity contribution in [3.63, 3.8) is 0 Å². The average molecular weight is 197 g/mol. The van der Waals surface area contributed by atoms with E-state index in [-0.39, 0.29) is 0 Å². The van der Waals surface area contributed by atoms with Crippen LogP contribution in [0, 0.1) is 0 Å². The lowest BCUT2D eigenvalue weighted by molar-refractivity contribution is 0.319. The van der Waals surface area contributed by atoms with E-state index in [1.165, 1.54) is 17.7 Å². The zero-order valence-corrected chi connectivity index (χ0v) is 8.90. The van der Waals surface area contributed by atoms with Crippen LogP contribution < -0.4 is 0 Å². The molecule has 0 radical (unpaired) electrons. The molecule has 0 saturated carbocycles. The van der Waals surface area contributed by atoms with Gasteiger partial charge in [-0.15, -0.1) is 11.3 Å². The highest BCUT2D eigenvalue weighted by molar-refractivity contribution is 7.14. The SMILES string of the molecule is CCCCc1ccc(/C(C)=N/O)s1. The summed E-state index contributed by atoms with van der Waals surface area (Å²) in [5.74, 6) is 0. The standard InChI is InChI=1S/C10H15NOS/c1-3-4-5-9-6-7-10(13-9)8(2)11-12/h6-7,12H,3-5H2,1-2H3/b11-8+. The second-order valence-electron chi connectivity index (χ2n) is 3.05. The van der Waals surface area contributed by atoms with Gasteiger partial charge in [0.2, 0.25) is 0 Å². The fourth-order valence-corrected chi connectivity index (χ4v) is 2.10. The first-order valence-corrected chi connectivity index (χ1v) is 5.37. The van der Waals surface area contributed by atoms with Crippen LogP contribution in [0.5, 0.6) is 0 Å². The van der Waals surface area contributed by atoms with Gasteiger partial charge in [-0.25, -0.2) is 0 Å². The van der Waals surface area contributed by atoms with Crippen LogP contribution in [0.2, 0.25) is 0 Å². The van der Waals surface area contributed by atoms with Gasteiger partial charge < -0.3 is 5.21 Å². The molecule has 13 heavy (non-hydrogen) atoms. The van der Waals surface area contributed by atoms with E-state index in [4.69, 9.17) is 5.21 Å². The first-order valence-electron chi connectivity index (χ1n) is 4.55. The Labute approximate surface area is 82.9 Å². The fourth-order valence-electron chi connectivity index (χ4n) is 1.11. The maximum atomic E-state index is 8.57. The van der Waals surface area contributed by atoms with Crippen LogP contribution in [0.3, 0.4) is 0 Å². The van der Waals surface area contributed by atoms with Gasteiger partial charge in [0, 0.05) is 4.88 Å². The first-order chi connectivity index (χ1) is 6.27. The van der Waals surface area contributed by atoms with E-state index in [0.717, 1.165) is 11.3 Å². The molecule has 0 aliphatic heterocycles. The summed E-state index contributed by atoms with van der Waals surface area (Å²) in [7, 11) is 0. The number of hydrogen-bond donors (Lipinski definition) is 1. The summed E-state index contributed by atoms with van der Waals surface area (Å²) in [5, 5.41) is 11.7. The quantitative estimate of drug-likeness (QED) is 0.448. The normalized spacial score (nSPS) is 12.0. The molecule has 0 amide bonds. The van der Waals surface area contributed by atoms with Gasteiger partial charge in [-0.3, -0.25) is 0 Å². The molecule has 1 N–H and O–H groups in total. The fraction of sp³-hybridized carbons (Fsp3) is 0.500. The minimum atomic E-state index is 0.702. The van der Waals surface area contributed by atoms with Crippen molar-refractivity contribution in [3.05, 3.63) is 21.9 Å². The summed E-state index contributed by atoms with van der Waals surface area (Å²) in [4.78, 5) is 2.44. The number of unbranched alkanes of at least 4 members (excludes halogenated alkanes) is 1. The third kappa shape index (κ3) is 2.84. The molecular weight excluding hydrogens is 182 g/mol. The Morgan fingerprint density at radius 1 is 1.54 bits per heavy atom. The summed E-state index contributed by atoms with van der Waals surface area (Å²) >= 11 is 1.71. The predicted molar refractivity (Wildman–Crippen MR) is 56.9 cm³/mol. The highest BCUT2D eigenvalue weighted by Crippen LogP contribution is 2.19. The van der Waals surface area contributed by atoms with E-state index in [1.54, 1.807) is 11.3 Å². The van der Waals surface area contributed by atoms with Gasteiger partial charge in [-0.1, -0.05) is 18.5 Å². The molecule has 0 fully saturated rings. The largest absolute Gasteiger partial charge is 0.411 e. The molecular formula is C10H15NOS.